The van der Waals surface area contributed by atoms with Gasteiger partial charge in [0.15, 0.2) is 0 Å². The van der Waals surface area contributed by atoms with Gasteiger partial charge in [0.25, 0.3) is 0 Å². The van der Waals surface area contributed by atoms with Crippen molar-refractivity contribution < 1.29 is 4.42 Å². The molecule has 0 amide bonds. The third-order valence-electron chi connectivity index (χ3n) is 15.3. The van der Waals surface area contributed by atoms with Crippen molar-refractivity contribution in [3.05, 3.63) is 253 Å². The van der Waals surface area contributed by atoms with Crippen LogP contribution in [0, 0.1) is 0 Å². The summed E-state index contributed by atoms with van der Waals surface area (Å²) in [5.41, 5.74) is 19.4. The van der Waals surface area contributed by atoms with Gasteiger partial charge >= 0.3 is 0 Å². The first-order chi connectivity index (χ1) is 36.7. The summed E-state index contributed by atoms with van der Waals surface area (Å²) in [7, 11) is 0. The highest BCUT2D eigenvalue weighted by molar-refractivity contribution is 6.14. The number of benzene rings is 11. The van der Waals surface area contributed by atoms with E-state index in [1.165, 1.54) is 38.9 Å². The Labute approximate surface area is 448 Å². The second-order valence-corrected chi connectivity index (χ2v) is 22.9. The zero-order valence-corrected chi connectivity index (χ0v) is 44.9. The highest BCUT2D eigenvalue weighted by Gasteiger charge is 2.24. The monoisotopic (exact) mass is 985 g/mol. The quantitative estimate of drug-likeness (QED) is 0.136. The Morgan fingerprint density at radius 2 is 0.711 bits per heavy atom. The molecule has 1 heterocycles. The average Bonchev–Trinajstić information content (AvgIpc) is 3.87. The molecule has 0 spiro atoms. The van der Waals surface area contributed by atoms with Crippen LogP contribution in [0.4, 0.5) is 34.1 Å². The fourth-order valence-corrected chi connectivity index (χ4v) is 11.0. The van der Waals surface area contributed by atoms with Gasteiger partial charge in [-0.1, -0.05) is 213 Å². The number of anilines is 6. The first-order valence-corrected chi connectivity index (χ1v) is 26.8. The third-order valence-corrected chi connectivity index (χ3v) is 15.3. The van der Waals surface area contributed by atoms with E-state index in [9.17, 15) is 0 Å². The standard InChI is InChI=1S/C73H64N2O/c1-48(2)49-26-28-51(29-27-49)63-21-12-15-23-67(63)74(59-40-36-58(37-41-59)73(6,7)8)60-38-32-53-44-65-66-45-54-33-39-61(43-56(54)47-71(66)76-70(65)46-55(53)42-60)75(68-24-16-13-20-62(68)50-18-10-9-11-19-50)69-25-17-14-22-64(69)52-30-34-57(35-31-52)72(3,4)5/h9-48H,1-8H3. The normalized spacial score (nSPS) is 12.1. The highest BCUT2D eigenvalue weighted by atomic mass is 16.3. The number of hydrogen-bond acceptors (Lipinski definition) is 3. The molecular formula is C73H64N2O. The predicted molar refractivity (Wildman–Crippen MR) is 326 cm³/mol. The summed E-state index contributed by atoms with van der Waals surface area (Å²) in [6.45, 7) is 18.1. The van der Waals surface area contributed by atoms with Crippen LogP contribution >= 0.6 is 0 Å². The first-order valence-electron chi connectivity index (χ1n) is 26.8. The Morgan fingerprint density at radius 1 is 0.329 bits per heavy atom. The van der Waals surface area contributed by atoms with Crippen molar-refractivity contribution in [3.8, 4) is 33.4 Å². The van der Waals surface area contributed by atoms with Crippen LogP contribution in [-0.2, 0) is 10.8 Å². The van der Waals surface area contributed by atoms with Crippen LogP contribution in [0.3, 0.4) is 0 Å². The van der Waals surface area contributed by atoms with E-state index in [0.29, 0.717) is 5.92 Å². The largest absolute Gasteiger partial charge is 0.456 e. The summed E-state index contributed by atoms with van der Waals surface area (Å²) in [6.07, 6.45) is 0. The van der Waals surface area contributed by atoms with Crippen molar-refractivity contribution in [2.45, 2.75) is 72.1 Å². The molecule has 372 valence electrons. The minimum absolute atomic E-state index is 0.0373. The van der Waals surface area contributed by atoms with Crippen molar-refractivity contribution in [3.63, 3.8) is 0 Å². The van der Waals surface area contributed by atoms with Crippen LogP contribution in [0.1, 0.15) is 78.0 Å². The van der Waals surface area contributed by atoms with Gasteiger partial charge in [0, 0.05) is 44.5 Å². The molecule has 0 unspecified atom stereocenters. The molecule has 11 aromatic carbocycles. The molecule has 3 heteroatoms. The van der Waals surface area contributed by atoms with Gasteiger partial charge in [-0.05, 0) is 151 Å². The van der Waals surface area contributed by atoms with Crippen molar-refractivity contribution in [2.75, 3.05) is 9.80 Å². The van der Waals surface area contributed by atoms with Gasteiger partial charge in [-0.15, -0.1) is 0 Å². The lowest BCUT2D eigenvalue weighted by Crippen LogP contribution is -2.13. The minimum atomic E-state index is 0.0373. The minimum Gasteiger partial charge on any atom is -0.456 e. The van der Waals surface area contributed by atoms with Crippen molar-refractivity contribution >= 4 is 77.6 Å². The molecular weight excluding hydrogens is 921 g/mol. The molecule has 0 atom stereocenters. The lowest BCUT2D eigenvalue weighted by atomic mass is 9.86. The molecule has 3 nitrogen and oxygen atoms in total. The van der Waals surface area contributed by atoms with Crippen LogP contribution in [-0.4, -0.2) is 0 Å². The van der Waals surface area contributed by atoms with Crippen LogP contribution in [0.5, 0.6) is 0 Å². The fraction of sp³-hybridized carbons (Fsp3) is 0.151. The molecule has 0 fully saturated rings. The molecule has 0 aliphatic rings. The second kappa shape index (κ2) is 19.2. The first kappa shape index (κ1) is 48.3. The molecule has 0 aliphatic carbocycles. The van der Waals surface area contributed by atoms with Gasteiger partial charge in [-0.25, -0.2) is 0 Å². The maximum Gasteiger partial charge on any atom is 0.136 e. The molecule has 0 N–H and O–H groups in total. The van der Waals surface area contributed by atoms with E-state index < -0.39 is 0 Å². The van der Waals surface area contributed by atoms with Gasteiger partial charge in [-0.2, -0.15) is 0 Å². The zero-order chi connectivity index (χ0) is 52.3. The maximum absolute atomic E-state index is 6.92. The third kappa shape index (κ3) is 9.11. The number of hydrogen-bond donors (Lipinski definition) is 0. The topological polar surface area (TPSA) is 19.6 Å². The molecule has 0 aliphatic heterocycles. The summed E-state index contributed by atoms with van der Waals surface area (Å²) in [5.74, 6) is 0.465. The Hall–Kier alpha value is -8.66. The van der Waals surface area contributed by atoms with E-state index in [2.05, 4.69) is 302 Å². The lowest BCUT2D eigenvalue weighted by Gasteiger charge is -2.30. The van der Waals surface area contributed by atoms with Crippen molar-refractivity contribution in [1.29, 1.82) is 0 Å². The summed E-state index contributed by atoms with van der Waals surface area (Å²) >= 11 is 0. The lowest BCUT2D eigenvalue weighted by molar-refractivity contribution is 0.590. The summed E-state index contributed by atoms with van der Waals surface area (Å²) in [5, 5.41) is 6.75. The molecule has 0 radical (unpaired) electrons. The Bertz CT molecular complexity index is 4080. The number of para-hydroxylation sites is 3. The van der Waals surface area contributed by atoms with Gasteiger partial charge < -0.3 is 14.2 Å². The number of nitrogens with zero attached hydrogens (tertiary/aromatic N) is 2. The van der Waals surface area contributed by atoms with Crippen LogP contribution in [0.15, 0.2) is 241 Å². The summed E-state index contributed by atoms with van der Waals surface area (Å²) < 4.78 is 6.92. The Morgan fingerprint density at radius 3 is 1.17 bits per heavy atom. The van der Waals surface area contributed by atoms with E-state index in [1.807, 2.05) is 0 Å². The van der Waals surface area contributed by atoms with Crippen LogP contribution in [0.2, 0.25) is 0 Å². The van der Waals surface area contributed by atoms with Gasteiger partial charge in [0.05, 0.1) is 17.1 Å². The van der Waals surface area contributed by atoms with Crippen molar-refractivity contribution in [2.24, 2.45) is 0 Å². The predicted octanol–water partition coefficient (Wildman–Crippen LogP) is 21.6. The van der Waals surface area contributed by atoms with E-state index >= 15 is 0 Å². The Balaban J connectivity index is 0.976. The zero-order valence-electron chi connectivity index (χ0n) is 44.9. The van der Waals surface area contributed by atoms with E-state index in [-0.39, 0.29) is 10.8 Å². The van der Waals surface area contributed by atoms with Gasteiger partial charge in [-0.3, -0.25) is 0 Å². The number of fused-ring (bicyclic) bond motifs is 5. The number of furan rings is 1. The molecule has 0 bridgehead atoms. The van der Waals surface area contributed by atoms with E-state index in [0.717, 1.165) is 88.7 Å². The second-order valence-electron chi connectivity index (χ2n) is 22.9. The SMILES string of the molecule is CC(C)c1ccc(-c2ccccc2N(c2ccc(C(C)(C)C)cc2)c2ccc3cc4c(cc3c2)oc2cc3cc(N(c5ccccc5-c5ccccc5)c5ccccc5-c5ccc(C(C)(C)C)cc5)ccc3cc24)cc1. The fourth-order valence-electron chi connectivity index (χ4n) is 11.0. The summed E-state index contributed by atoms with van der Waals surface area (Å²) in [4.78, 5) is 4.85. The Kier molecular flexibility index (Phi) is 12.2. The average molecular weight is 985 g/mol. The van der Waals surface area contributed by atoms with Gasteiger partial charge in [0.1, 0.15) is 11.2 Å². The molecule has 76 heavy (non-hydrogen) atoms. The van der Waals surface area contributed by atoms with Gasteiger partial charge in [0.2, 0.25) is 0 Å². The van der Waals surface area contributed by atoms with E-state index in [1.54, 1.807) is 0 Å². The van der Waals surface area contributed by atoms with Crippen LogP contribution < -0.4 is 9.80 Å². The summed E-state index contributed by atoms with van der Waals surface area (Å²) in [6, 6.07) is 87.2. The van der Waals surface area contributed by atoms with Crippen molar-refractivity contribution in [1.82, 2.24) is 0 Å². The molecule has 0 saturated carbocycles. The highest BCUT2D eigenvalue weighted by Crippen LogP contribution is 2.47. The number of rotatable bonds is 10. The smallest absolute Gasteiger partial charge is 0.136 e. The molecule has 0 saturated heterocycles. The maximum atomic E-state index is 6.92. The van der Waals surface area contributed by atoms with E-state index in [4.69, 9.17) is 4.42 Å². The van der Waals surface area contributed by atoms with Crippen LogP contribution in [0.25, 0.3) is 76.9 Å². The molecule has 1 aromatic heterocycles. The molecule has 12 rings (SSSR count). The molecule has 12 aromatic rings.